The van der Waals surface area contributed by atoms with Crippen LogP contribution < -0.4 is 0 Å². The summed E-state index contributed by atoms with van der Waals surface area (Å²) in [7, 11) is 0. The van der Waals surface area contributed by atoms with Gasteiger partial charge in [-0.05, 0) is 138 Å². The van der Waals surface area contributed by atoms with E-state index in [0.717, 1.165) is 12.8 Å². The molecule has 2 heteroatoms. The number of fused-ring (bicyclic) bond motifs is 6. The maximum Gasteiger partial charge on any atom is 0.0541 e. The van der Waals surface area contributed by atoms with Gasteiger partial charge in [0.2, 0.25) is 0 Å². The van der Waals surface area contributed by atoms with Crippen LogP contribution in [0.2, 0.25) is 0 Å². The summed E-state index contributed by atoms with van der Waals surface area (Å²) in [5, 5.41) is 3.86. The highest BCUT2D eigenvalue weighted by Crippen LogP contribution is 2.41. The fourth-order valence-electron chi connectivity index (χ4n) is 8.54. The zero-order valence-electron chi connectivity index (χ0n) is 29.5. The van der Waals surface area contributed by atoms with Crippen LogP contribution in [0.25, 0.3) is 78.0 Å². The Kier molecular flexibility index (Phi) is 7.11. The minimum absolute atomic E-state index is 1.01. The second kappa shape index (κ2) is 12.1. The third-order valence-electron chi connectivity index (χ3n) is 11.1. The molecule has 0 unspecified atom stereocenters. The summed E-state index contributed by atoms with van der Waals surface area (Å²) in [5.41, 5.74) is 19.2. The number of hydrogen-bond acceptors (Lipinski definition) is 0. The third-order valence-corrected chi connectivity index (χ3v) is 11.1. The highest BCUT2D eigenvalue weighted by atomic mass is 15.0. The number of hydrogen-bond donors (Lipinski definition) is 0. The molecule has 0 atom stereocenters. The van der Waals surface area contributed by atoms with Gasteiger partial charge in [-0.3, -0.25) is 0 Å². The van der Waals surface area contributed by atoms with Gasteiger partial charge < -0.3 is 9.13 Å². The van der Waals surface area contributed by atoms with Gasteiger partial charge in [0.1, 0.15) is 0 Å². The van der Waals surface area contributed by atoms with Crippen LogP contribution in [0, 0.1) is 13.8 Å². The lowest BCUT2D eigenvalue weighted by atomic mass is 9.87. The molecule has 2 aromatic heterocycles. The van der Waals surface area contributed by atoms with Crippen LogP contribution in [0.5, 0.6) is 0 Å². The number of benzene rings is 7. The molecule has 52 heavy (non-hydrogen) atoms. The molecule has 9 aromatic rings. The number of rotatable bonds is 5. The number of allylic oxidation sites excluding steroid dienone is 1. The quantitative estimate of drug-likeness (QED) is 0.173. The summed E-state index contributed by atoms with van der Waals surface area (Å²) < 4.78 is 4.84. The van der Waals surface area contributed by atoms with Gasteiger partial charge in [-0.2, -0.15) is 0 Å². The van der Waals surface area contributed by atoms with Gasteiger partial charge in [-0.25, -0.2) is 0 Å². The van der Waals surface area contributed by atoms with Gasteiger partial charge in [0.05, 0.1) is 16.6 Å². The van der Waals surface area contributed by atoms with Crippen molar-refractivity contribution in [1.29, 1.82) is 0 Å². The standard InChI is InChI=1S/C50H38N2/c1-33-21-23-35(37-25-27-49-45(31-37)41-17-9-11-19-47(41)51(49)39-13-5-3-6-14-39)29-43(33)44-30-36(24-22-34(44)2)38-26-28-50-46(32-38)42-18-10-12-20-48(42)52(50)40-15-7-4-8-16-40/h3-25,27,29-32H,26,28H2,1-2H3. The van der Waals surface area contributed by atoms with Crippen LogP contribution in [0.15, 0.2) is 164 Å². The Hall–Kier alpha value is -6.38. The molecule has 2 heterocycles. The maximum absolute atomic E-state index is 2.46. The molecule has 0 spiro atoms. The van der Waals surface area contributed by atoms with E-state index in [2.05, 4.69) is 193 Å². The Morgan fingerprint density at radius 1 is 0.404 bits per heavy atom. The van der Waals surface area contributed by atoms with Crippen LogP contribution in [0.1, 0.15) is 34.4 Å². The number of nitrogens with zero attached hydrogens (tertiary/aromatic N) is 2. The van der Waals surface area contributed by atoms with E-state index in [1.165, 1.54) is 99.9 Å². The van der Waals surface area contributed by atoms with Crippen molar-refractivity contribution >= 4 is 44.4 Å². The van der Waals surface area contributed by atoms with E-state index < -0.39 is 0 Å². The van der Waals surface area contributed by atoms with Gasteiger partial charge in [0, 0.05) is 38.8 Å². The molecule has 2 nitrogen and oxygen atoms in total. The first-order chi connectivity index (χ1) is 25.6. The number of aryl methyl sites for hydroxylation is 2. The highest BCUT2D eigenvalue weighted by molar-refractivity contribution is 6.10. The number of aromatic nitrogens is 2. The summed E-state index contributed by atoms with van der Waals surface area (Å²) in [5.74, 6) is 0. The summed E-state index contributed by atoms with van der Waals surface area (Å²) in [6, 6.07) is 60.1. The molecule has 0 bridgehead atoms. The Balaban J connectivity index is 1.06. The zero-order chi connectivity index (χ0) is 34.8. The summed E-state index contributed by atoms with van der Waals surface area (Å²) in [6.07, 6.45) is 4.47. The lowest BCUT2D eigenvalue weighted by Crippen LogP contribution is -2.05. The van der Waals surface area contributed by atoms with E-state index in [9.17, 15) is 0 Å². The smallest absolute Gasteiger partial charge is 0.0541 e. The second-order valence-corrected chi connectivity index (χ2v) is 14.2. The van der Waals surface area contributed by atoms with Crippen molar-refractivity contribution in [2.45, 2.75) is 26.7 Å². The van der Waals surface area contributed by atoms with Crippen molar-refractivity contribution in [3.8, 4) is 33.6 Å². The number of para-hydroxylation sites is 4. The molecule has 0 fully saturated rings. The monoisotopic (exact) mass is 666 g/mol. The lowest BCUT2D eigenvalue weighted by Gasteiger charge is -2.19. The Labute approximate surface area is 304 Å². The first kappa shape index (κ1) is 30.4. The van der Waals surface area contributed by atoms with E-state index in [1.807, 2.05) is 0 Å². The minimum atomic E-state index is 1.01. The van der Waals surface area contributed by atoms with Gasteiger partial charge in [-0.15, -0.1) is 0 Å². The van der Waals surface area contributed by atoms with Crippen LogP contribution in [-0.4, -0.2) is 9.13 Å². The van der Waals surface area contributed by atoms with Gasteiger partial charge >= 0.3 is 0 Å². The minimum Gasteiger partial charge on any atom is -0.313 e. The fourth-order valence-corrected chi connectivity index (χ4v) is 8.54. The first-order valence-electron chi connectivity index (χ1n) is 18.3. The SMILES string of the molecule is Cc1ccc(C2=Cc3c(n(-c4ccccc4)c4ccccc34)CC2)cc1-c1cc(-c2ccc3c(c2)c2ccccc2n3-c2ccccc2)ccc1C. The largest absolute Gasteiger partial charge is 0.313 e. The molecule has 7 aromatic carbocycles. The van der Waals surface area contributed by atoms with E-state index in [0.29, 0.717) is 0 Å². The molecule has 1 aliphatic rings. The molecule has 0 aliphatic heterocycles. The Morgan fingerprint density at radius 3 is 1.63 bits per heavy atom. The Morgan fingerprint density at radius 2 is 0.923 bits per heavy atom. The highest BCUT2D eigenvalue weighted by Gasteiger charge is 2.22. The molecule has 248 valence electrons. The van der Waals surface area contributed by atoms with Crippen molar-refractivity contribution in [3.05, 3.63) is 192 Å². The predicted octanol–water partition coefficient (Wildman–Crippen LogP) is 13.2. The molecule has 0 radical (unpaired) electrons. The molecule has 1 aliphatic carbocycles. The Bertz CT molecular complexity index is 2850. The molecule has 0 saturated heterocycles. The molecule has 10 rings (SSSR count). The average molecular weight is 667 g/mol. The summed E-state index contributed by atoms with van der Waals surface area (Å²) in [4.78, 5) is 0. The second-order valence-electron chi connectivity index (χ2n) is 14.2. The van der Waals surface area contributed by atoms with Crippen molar-refractivity contribution in [2.24, 2.45) is 0 Å². The van der Waals surface area contributed by atoms with Crippen molar-refractivity contribution < 1.29 is 0 Å². The lowest BCUT2D eigenvalue weighted by molar-refractivity contribution is 0.898. The fraction of sp³-hybridized carbons (Fsp3) is 0.0800. The summed E-state index contributed by atoms with van der Waals surface area (Å²) in [6.45, 7) is 4.49. The van der Waals surface area contributed by atoms with E-state index in [1.54, 1.807) is 0 Å². The van der Waals surface area contributed by atoms with Crippen LogP contribution >= 0.6 is 0 Å². The predicted molar refractivity (Wildman–Crippen MR) is 221 cm³/mol. The topological polar surface area (TPSA) is 9.86 Å². The normalized spacial score (nSPS) is 12.8. The summed E-state index contributed by atoms with van der Waals surface area (Å²) >= 11 is 0. The van der Waals surface area contributed by atoms with E-state index in [-0.39, 0.29) is 0 Å². The first-order valence-corrected chi connectivity index (χ1v) is 18.3. The van der Waals surface area contributed by atoms with E-state index in [4.69, 9.17) is 0 Å². The molecule has 0 amide bonds. The van der Waals surface area contributed by atoms with Gasteiger partial charge in [0.15, 0.2) is 0 Å². The molecular formula is C50H38N2. The third kappa shape index (κ3) is 4.86. The van der Waals surface area contributed by atoms with Crippen molar-refractivity contribution in [3.63, 3.8) is 0 Å². The van der Waals surface area contributed by atoms with Crippen LogP contribution in [-0.2, 0) is 6.42 Å². The average Bonchev–Trinajstić information content (AvgIpc) is 3.71. The van der Waals surface area contributed by atoms with Crippen LogP contribution in [0.3, 0.4) is 0 Å². The van der Waals surface area contributed by atoms with Crippen molar-refractivity contribution in [2.75, 3.05) is 0 Å². The molecule has 0 saturated carbocycles. The van der Waals surface area contributed by atoms with Crippen LogP contribution in [0.4, 0.5) is 0 Å². The molecular weight excluding hydrogens is 629 g/mol. The van der Waals surface area contributed by atoms with Crippen molar-refractivity contribution in [1.82, 2.24) is 9.13 Å². The zero-order valence-corrected chi connectivity index (χ0v) is 29.5. The van der Waals surface area contributed by atoms with Gasteiger partial charge in [-0.1, -0.05) is 103 Å². The maximum atomic E-state index is 2.46. The molecule has 0 N–H and O–H groups in total. The van der Waals surface area contributed by atoms with Gasteiger partial charge in [0.25, 0.3) is 0 Å². The van der Waals surface area contributed by atoms with E-state index >= 15 is 0 Å².